The highest BCUT2D eigenvalue weighted by Gasteiger charge is 2.04. The predicted octanol–water partition coefficient (Wildman–Crippen LogP) is 3.16. The number of benzene rings is 2. The zero-order chi connectivity index (χ0) is 14.5. The lowest BCUT2D eigenvalue weighted by Gasteiger charge is -2.06. The lowest BCUT2D eigenvalue weighted by Crippen LogP contribution is -2.15. The van der Waals surface area contributed by atoms with Crippen LogP contribution in [0, 0.1) is 0 Å². The summed E-state index contributed by atoms with van der Waals surface area (Å²) in [5.41, 5.74) is 7.91. The summed E-state index contributed by atoms with van der Waals surface area (Å²) < 4.78 is 0. The molecule has 2 aromatic carbocycles. The predicted molar refractivity (Wildman–Crippen MR) is 86.1 cm³/mol. The first kappa shape index (κ1) is 14.5. The molecule has 2 aromatic rings. The number of thiocarbonyl (C=S) groups is 1. The molecule has 20 heavy (non-hydrogen) atoms. The minimum absolute atomic E-state index is 0.0876. The van der Waals surface area contributed by atoms with Crippen molar-refractivity contribution in [3.63, 3.8) is 0 Å². The third kappa shape index (κ3) is 4.05. The second-order valence-corrected chi connectivity index (χ2v) is 5.17. The van der Waals surface area contributed by atoms with Crippen LogP contribution < -0.4 is 11.1 Å². The topological polar surface area (TPSA) is 55.1 Å². The van der Waals surface area contributed by atoms with Gasteiger partial charge in [0.15, 0.2) is 0 Å². The maximum Gasteiger partial charge on any atom is 0.228 e. The number of amides is 1. The van der Waals surface area contributed by atoms with E-state index >= 15 is 0 Å². The van der Waals surface area contributed by atoms with E-state index in [0.29, 0.717) is 22.1 Å². The zero-order valence-corrected chi connectivity index (χ0v) is 12.2. The first-order valence-corrected chi connectivity index (χ1v) is 6.77. The standard InChI is InChI=1S/C15H13ClN2OS/c16-12-5-1-10(2-6-12)9-14(19)18-13-7-3-11(4-8-13)15(17)20/h1-8H,9H2,(H2,17,20)(H,18,19). The van der Waals surface area contributed by atoms with Crippen molar-refractivity contribution in [2.75, 3.05) is 5.32 Å². The summed E-state index contributed by atoms with van der Waals surface area (Å²) in [4.78, 5) is 12.2. The molecule has 0 bridgehead atoms. The van der Waals surface area contributed by atoms with Gasteiger partial charge >= 0.3 is 0 Å². The van der Waals surface area contributed by atoms with Crippen LogP contribution >= 0.6 is 23.8 Å². The molecule has 0 radical (unpaired) electrons. The lowest BCUT2D eigenvalue weighted by molar-refractivity contribution is -0.115. The first-order chi connectivity index (χ1) is 9.54. The van der Waals surface area contributed by atoms with Crippen molar-refractivity contribution in [2.45, 2.75) is 6.42 Å². The molecule has 102 valence electrons. The van der Waals surface area contributed by atoms with Crippen LogP contribution in [0.25, 0.3) is 0 Å². The molecule has 0 heterocycles. The van der Waals surface area contributed by atoms with E-state index in [4.69, 9.17) is 29.6 Å². The van der Waals surface area contributed by atoms with E-state index in [-0.39, 0.29) is 5.91 Å². The van der Waals surface area contributed by atoms with Gasteiger partial charge in [-0.3, -0.25) is 4.79 Å². The molecule has 0 aliphatic rings. The zero-order valence-electron chi connectivity index (χ0n) is 10.6. The summed E-state index contributed by atoms with van der Waals surface area (Å²) in [5.74, 6) is -0.0876. The Morgan fingerprint density at radius 2 is 1.70 bits per heavy atom. The number of nitrogens with two attached hydrogens (primary N) is 1. The average molecular weight is 305 g/mol. The van der Waals surface area contributed by atoms with Crippen molar-refractivity contribution in [3.05, 3.63) is 64.7 Å². The third-order valence-corrected chi connectivity index (χ3v) is 3.22. The largest absolute Gasteiger partial charge is 0.389 e. The number of carbonyl (C=O) groups is 1. The molecule has 0 unspecified atom stereocenters. The van der Waals surface area contributed by atoms with Crippen LogP contribution in [0.1, 0.15) is 11.1 Å². The Morgan fingerprint density at radius 3 is 2.25 bits per heavy atom. The molecule has 0 aliphatic carbocycles. The fourth-order valence-electron chi connectivity index (χ4n) is 1.71. The van der Waals surface area contributed by atoms with Gasteiger partial charge in [0.2, 0.25) is 5.91 Å². The summed E-state index contributed by atoms with van der Waals surface area (Å²) >= 11 is 10.7. The fourth-order valence-corrected chi connectivity index (χ4v) is 1.97. The molecule has 0 aliphatic heterocycles. The number of rotatable bonds is 4. The fraction of sp³-hybridized carbons (Fsp3) is 0.0667. The average Bonchev–Trinajstić information content (AvgIpc) is 2.42. The van der Waals surface area contributed by atoms with Crippen LogP contribution in [0.2, 0.25) is 5.02 Å². The third-order valence-electron chi connectivity index (χ3n) is 2.73. The highest BCUT2D eigenvalue weighted by Crippen LogP contribution is 2.12. The van der Waals surface area contributed by atoms with E-state index in [0.717, 1.165) is 11.1 Å². The Labute approximate surface area is 127 Å². The molecule has 5 heteroatoms. The molecule has 0 fully saturated rings. The monoisotopic (exact) mass is 304 g/mol. The Balaban J connectivity index is 1.97. The SMILES string of the molecule is NC(=S)c1ccc(NC(=O)Cc2ccc(Cl)cc2)cc1. The Hall–Kier alpha value is -1.91. The van der Waals surface area contributed by atoms with Crippen LogP contribution in [0.15, 0.2) is 48.5 Å². The van der Waals surface area contributed by atoms with Gasteiger partial charge in [-0.1, -0.05) is 36.0 Å². The van der Waals surface area contributed by atoms with Gasteiger partial charge in [0.25, 0.3) is 0 Å². The van der Waals surface area contributed by atoms with E-state index in [1.54, 1.807) is 36.4 Å². The van der Waals surface area contributed by atoms with Crippen molar-refractivity contribution in [2.24, 2.45) is 5.73 Å². The molecular weight excluding hydrogens is 292 g/mol. The molecule has 1 amide bonds. The van der Waals surface area contributed by atoms with Crippen LogP contribution in [-0.4, -0.2) is 10.9 Å². The van der Waals surface area contributed by atoms with Gasteiger partial charge in [0, 0.05) is 16.3 Å². The second kappa shape index (κ2) is 6.50. The van der Waals surface area contributed by atoms with Gasteiger partial charge in [-0.25, -0.2) is 0 Å². The van der Waals surface area contributed by atoms with Crippen LogP contribution in [-0.2, 0) is 11.2 Å². The highest BCUT2D eigenvalue weighted by molar-refractivity contribution is 7.80. The van der Waals surface area contributed by atoms with E-state index < -0.39 is 0 Å². The van der Waals surface area contributed by atoms with Gasteiger partial charge in [-0.15, -0.1) is 0 Å². The number of hydrogen-bond donors (Lipinski definition) is 2. The van der Waals surface area contributed by atoms with Crippen molar-refractivity contribution >= 4 is 40.4 Å². The van der Waals surface area contributed by atoms with Gasteiger partial charge < -0.3 is 11.1 Å². The summed E-state index contributed by atoms with van der Waals surface area (Å²) in [6.07, 6.45) is 0.300. The molecule has 0 aromatic heterocycles. The molecule has 2 rings (SSSR count). The Morgan fingerprint density at radius 1 is 1.10 bits per heavy atom. The summed E-state index contributed by atoms with van der Waals surface area (Å²) in [7, 11) is 0. The van der Waals surface area contributed by atoms with E-state index in [2.05, 4.69) is 5.32 Å². The first-order valence-electron chi connectivity index (χ1n) is 5.99. The summed E-state index contributed by atoms with van der Waals surface area (Å²) in [6.45, 7) is 0. The van der Waals surface area contributed by atoms with E-state index in [1.165, 1.54) is 0 Å². The van der Waals surface area contributed by atoms with Crippen molar-refractivity contribution < 1.29 is 4.79 Å². The Kier molecular flexibility index (Phi) is 4.71. The lowest BCUT2D eigenvalue weighted by atomic mass is 10.1. The minimum Gasteiger partial charge on any atom is -0.389 e. The van der Waals surface area contributed by atoms with Crippen LogP contribution in [0.5, 0.6) is 0 Å². The molecule has 3 N–H and O–H groups in total. The smallest absolute Gasteiger partial charge is 0.228 e. The number of halogens is 1. The van der Waals surface area contributed by atoms with Crippen molar-refractivity contribution in [1.82, 2.24) is 0 Å². The van der Waals surface area contributed by atoms with Gasteiger partial charge in [-0.2, -0.15) is 0 Å². The quantitative estimate of drug-likeness (QED) is 0.853. The van der Waals surface area contributed by atoms with E-state index in [9.17, 15) is 4.79 Å². The molecule has 0 spiro atoms. The van der Waals surface area contributed by atoms with Crippen molar-refractivity contribution in [3.8, 4) is 0 Å². The second-order valence-electron chi connectivity index (χ2n) is 4.29. The van der Waals surface area contributed by atoms with E-state index in [1.807, 2.05) is 12.1 Å². The maximum atomic E-state index is 11.9. The highest BCUT2D eigenvalue weighted by atomic mass is 35.5. The summed E-state index contributed by atoms with van der Waals surface area (Å²) in [6, 6.07) is 14.3. The maximum absolute atomic E-state index is 11.9. The van der Waals surface area contributed by atoms with Gasteiger partial charge in [0.05, 0.1) is 6.42 Å². The number of anilines is 1. The molecule has 0 atom stereocenters. The number of nitrogens with one attached hydrogen (secondary N) is 1. The molecule has 0 saturated heterocycles. The normalized spacial score (nSPS) is 10.1. The molecule has 0 saturated carbocycles. The van der Waals surface area contributed by atoms with Gasteiger partial charge in [0.1, 0.15) is 4.99 Å². The summed E-state index contributed by atoms with van der Waals surface area (Å²) in [5, 5.41) is 3.47. The minimum atomic E-state index is -0.0876. The number of carbonyl (C=O) groups excluding carboxylic acids is 1. The van der Waals surface area contributed by atoms with Crippen molar-refractivity contribution in [1.29, 1.82) is 0 Å². The molecular formula is C15H13ClN2OS. The van der Waals surface area contributed by atoms with Crippen LogP contribution in [0.4, 0.5) is 5.69 Å². The van der Waals surface area contributed by atoms with Gasteiger partial charge in [-0.05, 0) is 42.0 Å². The number of hydrogen-bond acceptors (Lipinski definition) is 2. The Bertz CT molecular complexity index is 623. The molecule has 3 nitrogen and oxygen atoms in total. The van der Waals surface area contributed by atoms with Crippen LogP contribution in [0.3, 0.4) is 0 Å².